The van der Waals surface area contributed by atoms with Crippen LogP contribution >= 0.6 is 33.9 Å². The Morgan fingerprint density at radius 2 is 1.97 bits per heavy atom. The number of benzene rings is 1. The maximum absolute atomic E-state index is 11.5. The minimum Gasteiger partial charge on any atom is -0.327 e. The number of carbonyl (C=O) groups is 1. The molecule has 0 saturated carbocycles. The number of aromatic nitrogens is 4. The molecule has 9 heteroatoms. The Bertz CT molecular complexity index is 1250. The molecule has 0 aliphatic carbocycles. The van der Waals surface area contributed by atoms with E-state index in [2.05, 4.69) is 83.3 Å². The van der Waals surface area contributed by atoms with E-state index in [1.54, 1.807) is 23.9 Å². The summed E-state index contributed by atoms with van der Waals surface area (Å²) in [4.78, 5) is 23.7. The average molecular weight is 570 g/mol. The van der Waals surface area contributed by atoms with Gasteiger partial charge in [-0.1, -0.05) is 12.1 Å². The summed E-state index contributed by atoms with van der Waals surface area (Å²) in [6.07, 6.45) is 5.76. The number of amides is 1. The highest BCUT2D eigenvalue weighted by molar-refractivity contribution is 14.1. The molecule has 1 unspecified atom stereocenters. The number of likely N-dealkylation sites (tertiary alicyclic amines) is 1. The Hall–Kier alpha value is -2.63. The highest BCUT2D eigenvalue weighted by Crippen LogP contribution is 2.44. The highest BCUT2D eigenvalue weighted by atomic mass is 127. The third-order valence-electron chi connectivity index (χ3n) is 5.73. The summed E-state index contributed by atoms with van der Waals surface area (Å²) in [5.74, 6) is 1.18. The van der Waals surface area contributed by atoms with Gasteiger partial charge in [0.1, 0.15) is 12.1 Å². The summed E-state index contributed by atoms with van der Waals surface area (Å²) >= 11 is 4.03. The number of aromatic amines is 1. The molecule has 4 aromatic rings. The first-order valence-electron chi connectivity index (χ1n) is 10.8. The number of nitrogens with zero attached hydrogens (tertiary/aromatic N) is 4. The van der Waals surface area contributed by atoms with E-state index in [9.17, 15) is 4.79 Å². The number of thiophene rings is 1. The van der Waals surface area contributed by atoms with Crippen molar-refractivity contribution >= 4 is 45.7 Å². The lowest BCUT2D eigenvalue weighted by molar-refractivity contribution is -0.114. The molecule has 7 nitrogen and oxygen atoms in total. The van der Waals surface area contributed by atoms with Crippen LogP contribution < -0.4 is 5.32 Å². The van der Waals surface area contributed by atoms with Crippen molar-refractivity contribution in [3.63, 3.8) is 0 Å². The molecule has 1 aliphatic rings. The molecule has 1 aromatic carbocycles. The SMILES string of the molecule is CC(=O)Nc1cc(-c2cc(C(c3ccc(I)cc3)N3CCCC3)c(-c3nnc[nH]3)s2)ccn1. The number of hydrogen-bond donors (Lipinski definition) is 2. The highest BCUT2D eigenvalue weighted by Gasteiger charge is 2.30. The number of rotatable bonds is 6. The van der Waals surface area contributed by atoms with Gasteiger partial charge >= 0.3 is 0 Å². The number of nitrogens with one attached hydrogen (secondary N) is 2. The maximum Gasteiger partial charge on any atom is 0.222 e. The first kappa shape index (κ1) is 22.2. The molecule has 5 rings (SSSR count). The maximum atomic E-state index is 11.5. The van der Waals surface area contributed by atoms with Crippen LogP contribution in [0.2, 0.25) is 0 Å². The topological polar surface area (TPSA) is 86.8 Å². The summed E-state index contributed by atoms with van der Waals surface area (Å²) in [5, 5.41) is 11.2. The molecule has 2 N–H and O–H groups in total. The number of pyridine rings is 1. The second-order valence-electron chi connectivity index (χ2n) is 8.04. The van der Waals surface area contributed by atoms with E-state index in [0.717, 1.165) is 34.2 Å². The molecule has 0 spiro atoms. The van der Waals surface area contributed by atoms with Crippen molar-refractivity contribution in [2.24, 2.45) is 0 Å². The van der Waals surface area contributed by atoms with Crippen molar-refractivity contribution < 1.29 is 4.79 Å². The summed E-state index contributed by atoms with van der Waals surface area (Å²) in [6, 6.07) is 15.1. The molecule has 33 heavy (non-hydrogen) atoms. The van der Waals surface area contributed by atoms with Gasteiger partial charge in [-0.3, -0.25) is 9.69 Å². The first-order valence-corrected chi connectivity index (χ1v) is 12.7. The molecule has 3 aromatic heterocycles. The third kappa shape index (κ3) is 4.85. The van der Waals surface area contributed by atoms with Gasteiger partial charge in [0.05, 0.1) is 10.9 Å². The van der Waals surface area contributed by atoms with Crippen molar-refractivity contribution in [3.8, 4) is 21.1 Å². The van der Waals surface area contributed by atoms with E-state index in [4.69, 9.17) is 0 Å². The normalized spacial score (nSPS) is 15.0. The van der Waals surface area contributed by atoms with Gasteiger partial charge in [0.2, 0.25) is 5.91 Å². The molecule has 1 aliphatic heterocycles. The first-order chi connectivity index (χ1) is 16.1. The van der Waals surface area contributed by atoms with Gasteiger partial charge < -0.3 is 10.3 Å². The molecule has 4 heterocycles. The van der Waals surface area contributed by atoms with Crippen molar-refractivity contribution in [3.05, 3.63) is 69.7 Å². The van der Waals surface area contributed by atoms with Crippen LogP contribution in [0.1, 0.15) is 36.9 Å². The number of carbonyl (C=O) groups excluding carboxylic acids is 1. The van der Waals surface area contributed by atoms with E-state index < -0.39 is 0 Å². The van der Waals surface area contributed by atoms with E-state index in [1.807, 2.05) is 12.1 Å². The van der Waals surface area contributed by atoms with Crippen molar-refractivity contribution in [2.45, 2.75) is 25.8 Å². The number of anilines is 1. The van der Waals surface area contributed by atoms with Crippen LogP contribution in [0.15, 0.2) is 55.0 Å². The Labute approximate surface area is 209 Å². The lowest BCUT2D eigenvalue weighted by Crippen LogP contribution is -2.26. The Kier molecular flexibility index (Phi) is 6.52. The molecule has 0 bridgehead atoms. The molecule has 168 valence electrons. The van der Waals surface area contributed by atoms with Gasteiger partial charge in [-0.05, 0) is 95.5 Å². The summed E-state index contributed by atoms with van der Waals surface area (Å²) in [7, 11) is 0. The second-order valence-corrected chi connectivity index (χ2v) is 10.3. The lowest BCUT2D eigenvalue weighted by Gasteiger charge is -2.28. The van der Waals surface area contributed by atoms with E-state index in [1.165, 1.54) is 34.5 Å². The standard InChI is InChI=1S/C24H23IN6OS/c1-15(32)29-21-12-17(8-9-26-21)20-13-19(23(33-20)24-27-14-28-30-24)22(31-10-2-3-11-31)16-4-6-18(25)7-5-16/h4-9,12-14,22H,2-3,10-11H2,1H3,(H,26,29,32)(H,27,28,30). The van der Waals surface area contributed by atoms with E-state index in [0.29, 0.717) is 5.82 Å². The second kappa shape index (κ2) is 9.70. The van der Waals surface area contributed by atoms with Gasteiger partial charge in [-0.15, -0.1) is 21.5 Å². The zero-order chi connectivity index (χ0) is 22.8. The van der Waals surface area contributed by atoms with Crippen molar-refractivity contribution in [1.29, 1.82) is 0 Å². The van der Waals surface area contributed by atoms with E-state index >= 15 is 0 Å². The van der Waals surface area contributed by atoms with Gasteiger partial charge in [0.25, 0.3) is 0 Å². The Morgan fingerprint density at radius 1 is 1.18 bits per heavy atom. The molecular formula is C24H23IN6OS. The van der Waals surface area contributed by atoms with Crippen molar-refractivity contribution in [1.82, 2.24) is 25.1 Å². The summed E-state index contributed by atoms with van der Waals surface area (Å²) in [6.45, 7) is 3.63. The zero-order valence-electron chi connectivity index (χ0n) is 18.1. The third-order valence-corrected chi connectivity index (χ3v) is 7.65. The largest absolute Gasteiger partial charge is 0.327 e. The lowest BCUT2D eigenvalue weighted by atomic mass is 9.96. The van der Waals surface area contributed by atoms with Gasteiger partial charge in [0.15, 0.2) is 5.82 Å². The fraction of sp³-hybridized carbons (Fsp3) is 0.250. The molecule has 1 fully saturated rings. The van der Waals surface area contributed by atoms with Crippen LogP contribution in [0.5, 0.6) is 0 Å². The van der Waals surface area contributed by atoms with Crippen LogP contribution in [0.4, 0.5) is 5.82 Å². The minimum absolute atomic E-state index is 0.131. The van der Waals surface area contributed by atoms with Crippen LogP contribution in [-0.4, -0.2) is 44.1 Å². The summed E-state index contributed by atoms with van der Waals surface area (Å²) < 4.78 is 1.22. The predicted molar refractivity (Wildman–Crippen MR) is 139 cm³/mol. The Balaban J connectivity index is 1.64. The Morgan fingerprint density at radius 3 is 2.67 bits per heavy atom. The fourth-order valence-electron chi connectivity index (χ4n) is 4.32. The van der Waals surface area contributed by atoms with Crippen LogP contribution in [0.3, 0.4) is 0 Å². The zero-order valence-corrected chi connectivity index (χ0v) is 21.1. The molecule has 1 atom stereocenters. The number of halogens is 1. The average Bonchev–Trinajstić information content (AvgIpc) is 3.57. The molecular weight excluding hydrogens is 547 g/mol. The van der Waals surface area contributed by atoms with Crippen molar-refractivity contribution in [2.75, 3.05) is 18.4 Å². The van der Waals surface area contributed by atoms with Gasteiger partial charge in [-0.2, -0.15) is 0 Å². The van der Waals surface area contributed by atoms with Gasteiger partial charge in [-0.25, -0.2) is 4.98 Å². The molecule has 1 saturated heterocycles. The van der Waals surface area contributed by atoms with Crippen LogP contribution in [-0.2, 0) is 4.79 Å². The molecule has 1 amide bonds. The minimum atomic E-state index is -0.137. The molecule has 0 radical (unpaired) electrons. The monoisotopic (exact) mass is 570 g/mol. The fourth-order valence-corrected chi connectivity index (χ4v) is 5.81. The smallest absolute Gasteiger partial charge is 0.222 e. The van der Waals surface area contributed by atoms with E-state index in [-0.39, 0.29) is 11.9 Å². The van der Waals surface area contributed by atoms with Gasteiger partial charge in [0, 0.05) is 21.6 Å². The number of hydrogen-bond acceptors (Lipinski definition) is 6. The number of H-pyrrole nitrogens is 1. The summed E-state index contributed by atoms with van der Waals surface area (Å²) in [5.41, 5.74) is 3.50. The quantitative estimate of drug-likeness (QED) is 0.306. The van der Waals surface area contributed by atoms with Crippen LogP contribution in [0.25, 0.3) is 21.1 Å². The predicted octanol–water partition coefficient (Wildman–Crippen LogP) is 5.34. The van der Waals surface area contributed by atoms with Crippen LogP contribution in [0, 0.1) is 3.57 Å².